The summed E-state index contributed by atoms with van der Waals surface area (Å²) in [5.41, 5.74) is 11.4. The molecule has 1 aromatic heterocycles. The standard InChI is InChI=1S/C33H35N7O3S/c1-2-26-27(18-34)32(38-33(28(26)19-35)44-30(31(36)42)25-6-4-3-5-7-25)40-16-14-24(15-17-40)21-37-20-23-10-8-22(9-11-23)12-13-29(41)39-43/h3-13,24,30,37,43H,2,14-17,20-21H2,1H3,(H2,36,42)(H,39,41)/b13-12+/t30-/m0/s1. The maximum absolute atomic E-state index is 12.5. The summed E-state index contributed by atoms with van der Waals surface area (Å²) in [4.78, 5) is 30.6. The summed E-state index contributed by atoms with van der Waals surface area (Å²) in [5, 5.41) is 32.0. The van der Waals surface area contributed by atoms with Crippen molar-refractivity contribution >= 4 is 35.5 Å². The van der Waals surface area contributed by atoms with Gasteiger partial charge in [-0.25, -0.2) is 10.5 Å². The Bertz CT molecular complexity index is 1570. The van der Waals surface area contributed by atoms with E-state index in [2.05, 4.69) is 22.4 Å². The largest absolute Gasteiger partial charge is 0.368 e. The molecule has 1 fully saturated rings. The molecule has 1 atom stereocenters. The third-order valence-electron chi connectivity index (χ3n) is 7.61. The van der Waals surface area contributed by atoms with Crippen molar-refractivity contribution in [3.63, 3.8) is 0 Å². The molecule has 0 aliphatic carbocycles. The first kappa shape index (κ1) is 32.2. The van der Waals surface area contributed by atoms with Crippen molar-refractivity contribution in [2.75, 3.05) is 24.5 Å². The fourth-order valence-corrected chi connectivity index (χ4v) is 6.31. The Labute approximate surface area is 261 Å². The van der Waals surface area contributed by atoms with E-state index in [1.807, 2.05) is 61.5 Å². The summed E-state index contributed by atoms with van der Waals surface area (Å²) in [6, 6.07) is 21.5. The second kappa shape index (κ2) is 15.7. The maximum Gasteiger partial charge on any atom is 0.267 e. The summed E-state index contributed by atoms with van der Waals surface area (Å²) < 4.78 is 0. The molecule has 1 aliphatic heterocycles. The second-order valence-electron chi connectivity index (χ2n) is 10.5. The molecule has 11 heteroatoms. The Morgan fingerprint density at radius 3 is 2.39 bits per heavy atom. The van der Waals surface area contributed by atoms with Gasteiger partial charge < -0.3 is 16.0 Å². The Hall–Kier alpha value is -4.68. The molecule has 226 valence electrons. The molecule has 1 saturated heterocycles. The van der Waals surface area contributed by atoms with E-state index in [0.717, 1.165) is 47.8 Å². The number of hydroxylamine groups is 1. The fraction of sp³-hybridized carbons (Fsp3) is 0.303. The first-order valence-electron chi connectivity index (χ1n) is 14.4. The summed E-state index contributed by atoms with van der Waals surface area (Å²) in [5.74, 6) is -0.0973. The zero-order chi connectivity index (χ0) is 31.5. The highest BCUT2D eigenvalue weighted by molar-refractivity contribution is 8.00. The van der Waals surface area contributed by atoms with Gasteiger partial charge in [-0.1, -0.05) is 73.3 Å². The number of pyridine rings is 1. The summed E-state index contributed by atoms with van der Waals surface area (Å²) >= 11 is 1.16. The number of carbonyl (C=O) groups excluding carboxylic acids is 2. The number of rotatable bonds is 12. The van der Waals surface area contributed by atoms with Crippen LogP contribution in [0.25, 0.3) is 6.08 Å². The number of hydrogen-bond donors (Lipinski definition) is 4. The molecule has 2 aromatic carbocycles. The average Bonchev–Trinajstić information content (AvgIpc) is 3.06. The SMILES string of the molecule is CCc1c(C#N)c(S[C@H](C(N)=O)c2ccccc2)nc(N2CCC(CNCc3ccc(/C=C/C(=O)NO)cc3)CC2)c1C#N. The van der Waals surface area contributed by atoms with Gasteiger partial charge >= 0.3 is 0 Å². The minimum Gasteiger partial charge on any atom is -0.368 e. The van der Waals surface area contributed by atoms with E-state index in [0.29, 0.717) is 59.5 Å². The molecular weight excluding hydrogens is 574 g/mol. The van der Waals surface area contributed by atoms with E-state index in [-0.39, 0.29) is 0 Å². The quantitative estimate of drug-likeness (QED) is 0.102. The zero-order valence-corrected chi connectivity index (χ0v) is 25.3. The fourth-order valence-electron chi connectivity index (χ4n) is 5.25. The van der Waals surface area contributed by atoms with E-state index in [1.54, 1.807) is 11.6 Å². The molecule has 0 radical (unpaired) electrons. The molecule has 2 amide bonds. The van der Waals surface area contributed by atoms with Crippen LogP contribution in [0.2, 0.25) is 0 Å². The molecule has 5 N–H and O–H groups in total. The Balaban J connectivity index is 1.43. The number of aromatic nitrogens is 1. The predicted octanol–water partition coefficient (Wildman–Crippen LogP) is 4.23. The third kappa shape index (κ3) is 8.03. The summed E-state index contributed by atoms with van der Waals surface area (Å²) in [7, 11) is 0. The van der Waals surface area contributed by atoms with Crippen LogP contribution in [0.1, 0.15) is 58.4 Å². The van der Waals surface area contributed by atoms with Crippen molar-refractivity contribution in [1.29, 1.82) is 10.5 Å². The van der Waals surface area contributed by atoms with Gasteiger partial charge in [0.2, 0.25) is 5.91 Å². The van der Waals surface area contributed by atoms with Gasteiger partial charge in [0.25, 0.3) is 5.91 Å². The first-order chi connectivity index (χ1) is 21.4. The van der Waals surface area contributed by atoms with Gasteiger partial charge in [0.15, 0.2) is 0 Å². The van der Waals surface area contributed by atoms with Gasteiger partial charge in [-0.2, -0.15) is 10.5 Å². The number of nitrogens with zero attached hydrogens (tertiary/aromatic N) is 4. The number of nitrogens with one attached hydrogen (secondary N) is 2. The van der Waals surface area contributed by atoms with E-state index in [9.17, 15) is 20.1 Å². The number of nitrogens with two attached hydrogens (primary N) is 1. The molecular formula is C33H35N7O3S. The number of benzene rings is 2. The number of thioether (sulfide) groups is 1. The topological polar surface area (TPSA) is 168 Å². The maximum atomic E-state index is 12.5. The van der Waals surface area contributed by atoms with E-state index < -0.39 is 17.1 Å². The number of nitriles is 2. The zero-order valence-electron chi connectivity index (χ0n) is 24.5. The molecule has 0 saturated carbocycles. The van der Waals surface area contributed by atoms with Crippen LogP contribution in [-0.4, -0.2) is 41.6 Å². The van der Waals surface area contributed by atoms with Gasteiger partial charge in [0.05, 0.1) is 11.1 Å². The van der Waals surface area contributed by atoms with Crippen molar-refractivity contribution in [3.8, 4) is 12.1 Å². The number of piperidine rings is 1. The molecule has 1 aliphatic rings. The number of primary amides is 1. The van der Waals surface area contributed by atoms with Gasteiger partial charge in [0.1, 0.15) is 28.2 Å². The van der Waals surface area contributed by atoms with Crippen molar-refractivity contribution in [2.45, 2.75) is 43.0 Å². The molecule has 2 heterocycles. The lowest BCUT2D eigenvalue weighted by Gasteiger charge is -2.34. The normalized spacial score (nSPS) is 14.1. The minimum atomic E-state index is -0.724. The Kier molecular flexibility index (Phi) is 11.5. The van der Waals surface area contributed by atoms with Crippen LogP contribution in [-0.2, 0) is 22.6 Å². The molecule has 0 spiro atoms. The van der Waals surface area contributed by atoms with Crippen LogP contribution in [0.4, 0.5) is 5.82 Å². The number of amides is 2. The monoisotopic (exact) mass is 609 g/mol. The van der Waals surface area contributed by atoms with Gasteiger partial charge in [0, 0.05) is 25.7 Å². The van der Waals surface area contributed by atoms with Crippen molar-refractivity contribution in [2.24, 2.45) is 11.7 Å². The molecule has 4 rings (SSSR count). The average molecular weight is 610 g/mol. The van der Waals surface area contributed by atoms with Crippen LogP contribution in [0.15, 0.2) is 65.7 Å². The highest BCUT2D eigenvalue weighted by atomic mass is 32.2. The second-order valence-corrected chi connectivity index (χ2v) is 11.6. The number of hydrogen-bond acceptors (Lipinski definition) is 9. The Morgan fingerprint density at radius 2 is 1.80 bits per heavy atom. The van der Waals surface area contributed by atoms with Gasteiger partial charge in [-0.3, -0.25) is 14.8 Å². The van der Waals surface area contributed by atoms with Crippen LogP contribution in [0.5, 0.6) is 0 Å². The summed E-state index contributed by atoms with van der Waals surface area (Å²) in [6.45, 7) is 4.90. The highest BCUT2D eigenvalue weighted by Crippen LogP contribution is 2.40. The van der Waals surface area contributed by atoms with Crippen molar-refractivity contribution < 1.29 is 14.8 Å². The van der Waals surface area contributed by atoms with E-state index in [4.69, 9.17) is 15.9 Å². The van der Waals surface area contributed by atoms with Crippen LogP contribution < -0.4 is 21.4 Å². The summed E-state index contributed by atoms with van der Waals surface area (Å²) in [6.07, 6.45) is 5.19. The van der Waals surface area contributed by atoms with Crippen LogP contribution >= 0.6 is 11.8 Å². The molecule has 0 unspecified atom stereocenters. The lowest BCUT2D eigenvalue weighted by atomic mass is 9.95. The first-order valence-corrected chi connectivity index (χ1v) is 15.3. The van der Waals surface area contributed by atoms with Crippen molar-refractivity contribution in [3.05, 3.63) is 94.1 Å². The highest BCUT2D eigenvalue weighted by Gasteiger charge is 2.29. The smallest absolute Gasteiger partial charge is 0.267 e. The molecule has 10 nitrogen and oxygen atoms in total. The van der Waals surface area contributed by atoms with Crippen LogP contribution in [0.3, 0.4) is 0 Å². The predicted molar refractivity (Wildman–Crippen MR) is 169 cm³/mol. The third-order valence-corrected chi connectivity index (χ3v) is 8.87. The van der Waals surface area contributed by atoms with Gasteiger partial charge in [-0.05, 0) is 60.1 Å². The number of carbonyl (C=O) groups is 2. The van der Waals surface area contributed by atoms with E-state index in [1.165, 1.54) is 6.08 Å². The molecule has 3 aromatic rings. The number of anilines is 1. The minimum absolute atomic E-state index is 0.318. The lowest BCUT2D eigenvalue weighted by Crippen LogP contribution is -2.38. The van der Waals surface area contributed by atoms with Crippen molar-refractivity contribution in [1.82, 2.24) is 15.8 Å². The molecule has 44 heavy (non-hydrogen) atoms. The lowest BCUT2D eigenvalue weighted by molar-refractivity contribution is -0.124. The van der Waals surface area contributed by atoms with Crippen LogP contribution in [0, 0.1) is 28.6 Å². The molecule has 0 bridgehead atoms. The van der Waals surface area contributed by atoms with E-state index >= 15 is 0 Å². The van der Waals surface area contributed by atoms with Gasteiger partial charge in [-0.15, -0.1) is 0 Å². The Morgan fingerprint density at radius 1 is 1.11 bits per heavy atom.